The monoisotopic (exact) mass is 505 g/mol. The van der Waals surface area contributed by atoms with Crippen molar-refractivity contribution in [3.05, 3.63) is 108 Å². The molecule has 0 aliphatic heterocycles. The lowest BCUT2D eigenvalue weighted by Gasteiger charge is -2.04. The number of carboxylic acids is 1. The number of aliphatic hydroxyl groups excluding tert-OH is 1. The Kier molecular flexibility index (Phi) is 24.7. The molecule has 3 aromatic carbocycles. The highest BCUT2D eigenvalue weighted by Gasteiger charge is 2.10. The van der Waals surface area contributed by atoms with Crippen LogP contribution in [0.1, 0.15) is 53.2 Å². The predicted octanol–water partition coefficient (Wildman–Crippen LogP) is 3.79. The van der Waals surface area contributed by atoms with Crippen molar-refractivity contribution in [1.29, 1.82) is 0 Å². The van der Waals surface area contributed by atoms with Crippen LogP contribution in [-0.4, -0.2) is 55.0 Å². The number of aliphatic hydroxyl groups is 1. The average Bonchev–Trinajstić information content (AvgIpc) is 2.91. The Bertz CT molecular complexity index is 984. The van der Waals surface area contributed by atoms with Crippen LogP contribution in [-0.2, 0) is 19.2 Å². The van der Waals surface area contributed by atoms with E-state index in [-0.39, 0.29) is 14.2 Å². The number of carboxylic acid groups (broad SMARTS) is 1. The van der Waals surface area contributed by atoms with E-state index >= 15 is 0 Å². The first kappa shape index (κ1) is 37.1. The molecular weight excluding hydrogens is 475 g/mol. The minimum atomic E-state index is -1.38. The van der Waals surface area contributed by atoms with Crippen molar-refractivity contribution in [2.45, 2.75) is 26.9 Å². The van der Waals surface area contributed by atoms with Crippen LogP contribution in [0.15, 0.2) is 91.0 Å². The van der Waals surface area contributed by atoms with Gasteiger partial charge in [-0.25, -0.2) is 4.79 Å². The van der Waals surface area contributed by atoms with E-state index < -0.39 is 17.9 Å². The lowest BCUT2D eigenvalue weighted by atomic mass is 10.1. The van der Waals surface area contributed by atoms with Gasteiger partial charge in [-0.2, -0.15) is 0 Å². The predicted molar refractivity (Wildman–Crippen MR) is 142 cm³/mol. The van der Waals surface area contributed by atoms with E-state index in [9.17, 15) is 29.1 Å². The van der Waals surface area contributed by atoms with Gasteiger partial charge in [-0.15, -0.1) is 0 Å². The maximum absolute atomic E-state index is 10.7. The summed E-state index contributed by atoms with van der Waals surface area (Å²) >= 11 is 0. The number of Topliss-reactive ketones (excluding diaryl/α,β-unsaturated/α-hetero) is 2. The smallest absolute Gasteiger partial charge is 0.371 e. The van der Waals surface area contributed by atoms with Crippen molar-refractivity contribution < 1.29 is 39.0 Å². The van der Waals surface area contributed by atoms with Crippen molar-refractivity contribution in [3.8, 4) is 0 Å². The molecule has 0 unspecified atom stereocenters. The van der Waals surface area contributed by atoms with Crippen LogP contribution in [0.2, 0.25) is 0 Å². The van der Waals surface area contributed by atoms with Crippen molar-refractivity contribution >= 4 is 44.8 Å². The molecule has 0 saturated heterocycles. The fraction of sp³-hybridized carbons (Fsp3) is 0.143. The van der Waals surface area contributed by atoms with E-state index in [0.717, 1.165) is 36.9 Å². The molecule has 193 valence electrons. The molecule has 0 fully saturated rings. The summed E-state index contributed by atoms with van der Waals surface area (Å²) in [6, 6.07) is 27.1. The Labute approximate surface area is 218 Å². The standard InChI is InChI=1S/C9H10O2.2C7H6O.C3H4O3.C2H4O.B/c1-7(10)9(11)8-5-3-2-4-6-8;2*8-6-7-4-2-1-3-5-7;1-2(4)3(5)6;1-2-3;/h2-6,9,11H,1H3;2*1-6H;1H3,(H,5,6);2H,1H3;/t9-;;;;;/m1...../s1. The Balaban J connectivity index is -0.000000406. The van der Waals surface area contributed by atoms with Gasteiger partial charge in [0.2, 0.25) is 5.78 Å². The fourth-order valence-electron chi connectivity index (χ4n) is 1.93. The van der Waals surface area contributed by atoms with E-state index in [2.05, 4.69) is 0 Å². The maximum atomic E-state index is 10.7. The molecule has 0 heterocycles. The minimum Gasteiger partial charge on any atom is -0.476 e. The molecule has 0 spiro atoms. The third-order valence-corrected chi connectivity index (χ3v) is 3.67. The topological polar surface area (TPSA) is 143 Å². The highest BCUT2D eigenvalue weighted by Crippen LogP contribution is 2.11. The van der Waals surface area contributed by atoms with Crippen molar-refractivity contribution in [2.75, 3.05) is 0 Å². The van der Waals surface area contributed by atoms with Crippen LogP contribution in [0.3, 0.4) is 0 Å². The molecule has 2 N–H and O–H groups in total. The summed E-state index contributed by atoms with van der Waals surface area (Å²) in [4.78, 5) is 58.4. The van der Waals surface area contributed by atoms with Crippen LogP contribution < -0.4 is 0 Å². The van der Waals surface area contributed by atoms with Crippen LogP contribution in [0.4, 0.5) is 0 Å². The lowest BCUT2D eigenvalue weighted by molar-refractivity contribution is -0.148. The molecular formula is C28H30BO8. The van der Waals surface area contributed by atoms with Gasteiger partial charge in [0, 0.05) is 26.5 Å². The Morgan fingerprint density at radius 3 is 1.14 bits per heavy atom. The number of ketones is 2. The Morgan fingerprint density at radius 2 is 0.946 bits per heavy atom. The van der Waals surface area contributed by atoms with E-state index in [0.29, 0.717) is 5.56 Å². The van der Waals surface area contributed by atoms with Crippen LogP contribution in [0.25, 0.3) is 0 Å². The van der Waals surface area contributed by atoms with E-state index in [1.54, 1.807) is 48.5 Å². The largest absolute Gasteiger partial charge is 0.476 e. The molecule has 0 saturated carbocycles. The molecule has 0 aliphatic carbocycles. The summed E-state index contributed by atoms with van der Waals surface area (Å²) < 4.78 is 0. The van der Waals surface area contributed by atoms with Crippen LogP contribution in [0, 0.1) is 0 Å². The molecule has 8 nitrogen and oxygen atoms in total. The molecule has 3 aromatic rings. The van der Waals surface area contributed by atoms with E-state index in [1.165, 1.54) is 13.8 Å². The minimum absolute atomic E-state index is 0. The molecule has 37 heavy (non-hydrogen) atoms. The maximum Gasteiger partial charge on any atom is 0.371 e. The number of carbonyl (C=O) groups excluding carboxylic acids is 5. The summed E-state index contributed by atoms with van der Waals surface area (Å²) in [7, 11) is 0. The first-order valence-electron chi connectivity index (χ1n) is 10.5. The number of hydrogen-bond donors (Lipinski definition) is 2. The highest BCUT2D eigenvalue weighted by atomic mass is 16.4. The molecule has 3 radical (unpaired) electrons. The van der Waals surface area contributed by atoms with Gasteiger partial charge in [0.25, 0.3) is 0 Å². The van der Waals surface area contributed by atoms with Crippen LogP contribution in [0.5, 0.6) is 0 Å². The third-order valence-electron chi connectivity index (χ3n) is 3.67. The normalized spacial score (nSPS) is 8.97. The highest BCUT2D eigenvalue weighted by molar-refractivity contribution is 6.31. The molecule has 3 rings (SSSR count). The number of rotatable bonds is 5. The van der Waals surface area contributed by atoms with E-state index in [1.807, 2.05) is 42.5 Å². The van der Waals surface area contributed by atoms with Gasteiger partial charge in [0.05, 0.1) is 0 Å². The summed E-state index contributed by atoms with van der Waals surface area (Å²) in [6.45, 7) is 3.82. The van der Waals surface area contributed by atoms with Crippen molar-refractivity contribution in [3.63, 3.8) is 0 Å². The summed E-state index contributed by atoms with van der Waals surface area (Å²) in [5, 5.41) is 16.9. The summed E-state index contributed by atoms with van der Waals surface area (Å²) in [6.07, 6.45) is 1.45. The number of carbonyl (C=O) groups is 6. The lowest BCUT2D eigenvalue weighted by Crippen LogP contribution is -2.06. The second-order valence-electron chi connectivity index (χ2n) is 6.58. The first-order chi connectivity index (χ1) is 17.1. The van der Waals surface area contributed by atoms with E-state index in [4.69, 9.17) is 9.90 Å². The second kappa shape index (κ2) is 24.6. The second-order valence-corrected chi connectivity index (χ2v) is 6.58. The average molecular weight is 505 g/mol. The zero-order chi connectivity index (χ0) is 27.8. The quantitative estimate of drug-likeness (QED) is 0.303. The zero-order valence-corrected chi connectivity index (χ0v) is 20.9. The fourth-order valence-corrected chi connectivity index (χ4v) is 1.93. The van der Waals surface area contributed by atoms with Gasteiger partial charge < -0.3 is 15.0 Å². The number of benzene rings is 3. The number of aldehydes is 3. The Morgan fingerprint density at radius 1 is 0.676 bits per heavy atom. The van der Waals surface area contributed by atoms with Crippen LogP contribution >= 0.6 is 0 Å². The molecule has 0 amide bonds. The number of hydrogen-bond acceptors (Lipinski definition) is 7. The van der Waals surface area contributed by atoms with Crippen molar-refractivity contribution in [2.24, 2.45) is 0 Å². The van der Waals surface area contributed by atoms with Gasteiger partial charge in [-0.1, -0.05) is 91.0 Å². The van der Waals surface area contributed by atoms with Gasteiger partial charge in [0.1, 0.15) is 25.0 Å². The molecule has 0 aliphatic rings. The van der Waals surface area contributed by atoms with Gasteiger partial charge in [-0.3, -0.25) is 19.2 Å². The third kappa shape index (κ3) is 21.8. The Hall–Kier alpha value is -4.50. The summed E-state index contributed by atoms with van der Waals surface area (Å²) in [5.41, 5.74) is 2.11. The SMILES string of the molecule is CC(=O)C(=O)O.CC(=O)[C@@H](O)c1ccccc1.CC=O.O=Cc1ccccc1.O=Cc1ccccc1.[B]. The molecule has 9 heteroatoms. The van der Waals surface area contributed by atoms with Gasteiger partial charge in [0.15, 0.2) is 5.78 Å². The molecule has 0 aromatic heterocycles. The van der Waals surface area contributed by atoms with Crippen molar-refractivity contribution in [1.82, 2.24) is 0 Å². The van der Waals surface area contributed by atoms with Gasteiger partial charge in [-0.05, 0) is 19.4 Å². The van der Waals surface area contributed by atoms with Gasteiger partial charge >= 0.3 is 5.97 Å². The first-order valence-corrected chi connectivity index (χ1v) is 10.5. The number of aliphatic carboxylic acids is 1. The molecule has 1 atom stereocenters. The molecule has 0 bridgehead atoms. The zero-order valence-electron chi connectivity index (χ0n) is 20.9. The summed E-state index contributed by atoms with van der Waals surface area (Å²) in [5.74, 6) is -2.43.